The molecule has 5 heteroatoms. The highest BCUT2D eigenvalue weighted by atomic mass is 127. The third-order valence-electron chi connectivity index (χ3n) is 4.56. The third-order valence-corrected chi connectivity index (χ3v) is 4.56. The fraction of sp³-hybridized carbons (Fsp3) is 0.200. The third kappa shape index (κ3) is 3.46. The molecule has 2 aromatic carbocycles. The molecule has 0 aromatic heterocycles. The zero-order valence-electron chi connectivity index (χ0n) is 14.5. The van der Waals surface area contributed by atoms with Gasteiger partial charge in [-0.15, -0.1) is 0 Å². The van der Waals surface area contributed by atoms with Gasteiger partial charge in [0.05, 0.1) is 11.1 Å². The van der Waals surface area contributed by atoms with Crippen LogP contribution in [-0.2, 0) is 5.41 Å². The van der Waals surface area contributed by atoms with Gasteiger partial charge in [0, 0.05) is 23.9 Å². The number of carbonyl (C=O) groups is 1. The number of para-hydroxylation sites is 2. The van der Waals surface area contributed by atoms with Gasteiger partial charge in [-0.2, -0.15) is 4.58 Å². The molecule has 130 valence electrons. The molecule has 2 aromatic rings. The Kier molecular flexibility index (Phi) is 5.67. The Labute approximate surface area is 165 Å². The number of anilines is 1. The van der Waals surface area contributed by atoms with E-state index in [0.717, 1.165) is 11.4 Å². The lowest BCUT2D eigenvalue weighted by atomic mass is 9.81. The molecule has 1 aliphatic rings. The quantitative estimate of drug-likeness (QED) is 0.570. The molecule has 0 fully saturated rings. The lowest BCUT2D eigenvalue weighted by Gasteiger charge is -2.17. The van der Waals surface area contributed by atoms with Crippen molar-refractivity contribution in [2.75, 3.05) is 11.9 Å². The minimum Gasteiger partial charge on any atom is -1.00 e. The van der Waals surface area contributed by atoms with E-state index in [0.29, 0.717) is 5.69 Å². The molecular weight excluding hydrogens is 427 g/mol. The minimum atomic E-state index is -1.01. The van der Waals surface area contributed by atoms with Gasteiger partial charge in [-0.3, -0.25) is 4.90 Å². The maximum absolute atomic E-state index is 11.6. The Balaban J connectivity index is 0.00000225. The highest BCUT2D eigenvalue weighted by molar-refractivity contribution is 6.04. The van der Waals surface area contributed by atoms with Crippen LogP contribution in [0.4, 0.5) is 16.2 Å². The Morgan fingerprint density at radius 1 is 1.08 bits per heavy atom. The van der Waals surface area contributed by atoms with Gasteiger partial charge in [0.2, 0.25) is 5.69 Å². The van der Waals surface area contributed by atoms with Crippen LogP contribution in [-0.4, -0.2) is 28.5 Å². The maximum atomic E-state index is 11.6. The number of amides is 1. The fourth-order valence-electron chi connectivity index (χ4n) is 3.30. The number of benzene rings is 2. The van der Waals surface area contributed by atoms with Crippen molar-refractivity contribution in [2.24, 2.45) is 0 Å². The largest absolute Gasteiger partial charge is 1.00 e. The molecular formula is C20H21IN2O2. The van der Waals surface area contributed by atoms with Crippen molar-refractivity contribution < 1.29 is 38.5 Å². The molecule has 0 bridgehead atoms. The highest BCUT2D eigenvalue weighted by Gasteiger charge is 2.42. The summed E-state index contributed by atoms with van der Waals surface area (Å²) < 4.78 is 2.12. The van der Waals surface area contributed by atoms with Crippen LogP contribution >= 0.6 is 0 Å². The van der Waals surface area contributed by atoms with Gasteiger partial charge < -0.3 is 29.1 Å². The number of hydrogen-bond acceptors (Lipinski definition) is 1. The second kappa shape index (κ2) is 7.39. The molecule has 25 heavy (non-hydrogen) atoms. The van der Waals surface area contributed by atoms with Crippen LogP contribution in [0.25, 0.3) is 0 Å². The summed E-state index contributed by atoms with van der Waals surface area (Å²) >= 11 is 0. The fourth-order valence-corrected chi connectivity index (χ4v) is 3.30. The maximum Gasteiger partial charge on any atom is 0.415 e. The van der Waals surface area contributed by atoms with Crippen LogP contribution < -0.4 is 28.9 Å². The molecule has 4 nitrogen and oxygen atoms in total. The van der Waals surface area contributed by atoms with E-state index in [1.165, 1.54) is 10.5 Å². The molecule has 1 N–H and O–H groups in total. The van der Waals surface area contributed by atoms with Crippen molar-refractivity contribution in [2.45, 2.75) is 19.3 Å². The van der Waals surface area contributed by atoms with Gasteiger partial charge in [-0.25, -0.2) is 4.79 Å². The minimum absolute atomic E-state index is 0. The van der Waals surface area contributed by atoms with Crippen molar-refractivity contribution in [3.63, 3.8) is 0 Å². The van der Waals surface area contributed by atoms with Crippen LogP contribution in [0.2, 0.25) is 0 Å². The molecule has 0 radical (unpaired) electrons. The smallest absolute Gasteiger partial charge is 0.415 e. The van der Waals surface area contributed by atoms with Gasteiger partial charge in [0.25, 0.3) is 0 Å². The van der Waals surface area contributed by atoms with Crippen molar-refractivity contribution in [3.8, 4) is 0 Å². The molecule has 0 saturated carbocycles. The van der Waals surface area contributed by atoms with Crippen molar-refractivity contribution in [1.29, 1.82) is 0 Å². The number of allylic oxidation sites excluding steroid dienone is 1. The van der Waals surface area contributed by atoms with Gasteiger partial charge in [-0.1, -0.05) is 36.4 Å². The zero-order valence-corrected chi connectivity index (χ0v) is 16.6. The van der Waals surface area contributed by atoms with E-state index in [1.54, 1.807) is 18.3 Å². The van der Waals surface area contributed by atoms with Crippen LogP contribution in [0.3, 0.4) is 0 Å². The predicted octanol–water partition coefficient (Wildman–Crippen LogP) is 1.39. The van der Waals surface area contributed by atoms with E-state index < -0.39 is 6.09 Å². The number of carboxylic acid groups (broad SMARTS) is 1. The molecule has 0 unspecified atom stereocenters. The first-order valence-corrected chi connectivity index (χ1v) is 7.89. The van der Waals surface area contributed by atoms with E-state index in [1.807, 2.05) is 43.5 Å². The van der Waals surface area contributed by atoms with Crippen molar-refractivity contribution in [1.82, 2.24) is 0 Å². The Hall–Kier alpha value is -2.15. The Bertz CT molecular complexity index is 842. The van der Waals surface area contributed by atoms with Crippen LogP contribution in [0.5, 0.6) is 0 Å². The summed E-state index contributed by atoms with van der Waals surface area (Å²) in [7, 11) is 2.01. The summed E-state index contributed by atoms with van der Waals surface area (Å²) in [5.74, 6) is 0. The zero-order chi connectivity index (χ0) is 17.3. The molecule has 0 spiro atoms. The summed E-state index contributed by atoms with van der Waals surface area (Å²) in [5.41, 5.74) is 3.91. The molecule has 0 aliphatic carbocycles. The van der Waals surface area contributed by atoms with E-state index in [2.05, 4.69) is 30.6 Å². The number of halogens is 1. The average molecular weight is 448 g/mol. The standard InChI is InChI=1S/C20H20N2O2.HI/c1-20(2)16-11-7-8-12-17(16)21(3)18(20)13-14-22(19(23)24)15-9-5-4-6-10-15;/h4-14H,1-3H3;1H. The lowest BCUT2D eigenvalue weighted by molar-refractivity contribution is -0.401. The van der Waals surface area contributed by atoms with Crippen molar-refractivity contribution >= 4 is 23.2 Å². The Morgan fingerprint density at radius 3 is 2.28 bits per heavy atom. The summed E-state index contributed by atoms with van der Waals surface area (Å²) in [4.78, 5) is 12.9. The van der Waals surface area contributed by atoms with Crippen molar-refractivity contribution in [3.05, 3.63) is 72.4 Å². The SMILES string of the molecule is C[N+]1=C(/C=C/N(C(=O)O)c2ccccc2)C(C)(C)c2ccccc21.[I-]. The Morgan fingerprint density at radius 2 is 1.68 bits per heavy atom. The number of hydrogen-bond donors (Lipinski definition) is 1. The monoisotopic (exact) mass is 448 g/mol. The second-order valence-electron chi connectivity index (χ2n) is 6.39. The van der Waals surface area contributed by atoms with E-state index >= 15 is 0 Å². The molecule has 1 heterocycles. The second-order valence-corrected chi connectivity index (χ2v) is 6.39. The summed E-state index contributed by atoms with van der Waals surface area (Å²) in [6.45, 7) is 4.31. The summed E-state index contributed by atoms with van der Waals surface area (Å²) in [5, 5.41) is 9.52. The van der Waals surface area contributed by atoms with Gasteiger partial charge in [-0.05, 0) is 26.0 Å². The van der Waals surface area contributed by atoms with Crippen LogP contribution in [0.1, 0.15) is 19.4 Å². The first kappa shape index (κ1) is 19.2. The molecule has 1 amide bonds. The molecule has 0 saturated heterocycles. The molecule has 0 atom stereocenters. The van der Waals surface area contributed by atoms with Crippen LogP contribution in [0.15, 0.2) is 66.9 Å². The first-order chi connectivity index (χ1) is 11.4. The summed E-state index contributed by atoms with van der Waals surface area (Å²) in [6, 6.07) is 17.3. The lowest BCUT2D eigenvalue weighted by Crippen LogP contribution is -3.00. The molecule has 1 aliphatic heterocycles. The van der Waals surface area contributed by atoms with Crippen LogP contribution in [0, 0.1) is 0 Å². The highest BCUT2D eigenvalue weighted by Crippen LogP contribution is 2.39. The predicted molar refractivity (Wildman–Crippen MR) is 96.4 cm³/mol. The number of nitrogens with zero attached hydrogens (tertiary/aromatic N) is 2. The van der Waals surface area contributed by atoms with E-state index in [9.17, 15) is 9.90 Å². The number of rotatable bonds is 3. The van der Waals surface area contributed by atoms with Gasteiger partial charge >= 0.3 is 6.09 Å². The normalized spacial score (nSPS) is 15.0. The van der Waals surface area contributed by atoms with Gasteiger partial charge in [0.1, 0.15) is 7.05 Å². The average Bonchev–Trinajstić information content (AvgIpc) is 2.76. The topological polar surface area (TPSA) is 43.5 Å². The summed E-state index contributed by atoms with van der Waals surface area (Å²) in [6.07, 6.45) is 2.51. The van der Waals surface area contributed by atoms with E-state index in [4.69, 9.17) is 0 Å². The first-order valence-electron chi connectivity index (χ1n) is 7.89. The van der Waals surface area contributed by atoms with E-state index in [-0.39, 0.29) is 29.4 Å². The number of fused-ring (bicyclic) bond motifs is 1. The molecule has 3 rings (SSSR count). The van der Waals surface area contributed by atoms with Gasteiger partial charge in [0.15, 0.2) is 5.71 Å².